The van der Waals surface area contributed by atoms with E-state index in [1.807, 2.05) is 17.5 Å². The molecule has 9 nitrogen and oxygen atoms in total. The number of tetrazole rings is 1. The second kappa shape index (κ2) is 8.53. The van der Waals surface area contributed by atoms with Crippen molar-refractivity contribution in [1.29, 1.82) is 0 Å². The van der Waals surface area contributed by atoms with Crippen molar-refractivity contribution in [2.24, 2.45) is 0 Å². The third-order valence-corrected chi connectivity index (χ3v) is 4.57. The SMILES string of the molecule is CC(=O)c1ccc(NC(=O)[C@@H](C)OC(=O)Cn2nnc(-c3cccs3)n2)cc1. The van der Waals surface area contributed by atoms with Gasteiger partial charge in [-0.25, -0.2) is 4.79 Å². The number of carbonyl (C=O) groups excluding carboxylic acids is 3. The number of rotatable bonds is 7. The summed E-state index contributed by atoms with van der Waals surface area (Å²) in [5.41, 5.74) is 1.04. The van der Waals surface area contributed by atoms with Crippen molar-refractivity contribution in [3.63, 3.8) is 0 Å². The molecule has 1 atom stereocenters. The van der Waals surface area contributed by atoms with Gasteiger partial charge in [-0.3, -0.25) is 9.59 Å². The Balaban J connectivity index is 1.52. The Hall–Kier alpha value is -3.40. The van der Waals surface area contributed by atoms with Gasteiger partial charge in [-0.15, -0.1) is 21.5 Å². The maximum atomic E-state index is 12.2. The zero-order valence-corrected chi connectivity index (χ0v) is 16.0. The minimum Gasteiger partial charge on any atom is -0.451 e. The van der Waals surface area contributed by atoms with Crippen LogP contribution in [0.3, 0.4) is 0 Å². The average molecular weight is 399 g/mol. The van der Waals surface area contributed by atoms with Crippen LogP contribution in [0.1, 0.15) is 24.2 Å². The summed E-state index contributed by atoms with van der Waals surface area (Å²) in [5, 5.41) is 16.3. The van der Waals surface area contributed by atoms with Crippen molar-refractivity contribution >= 4 is 34.7 Å². The van der Waals surface area contributed by atoms with Crippen LogP contribution in [0.5, 0.6) is 0 Å². The summed E-state index contributed by atoms with van der Waals surface area (Å²) in [6, 6.07) is 10.1. The molecule has 144 valence electrons. The van der Waals surface area contributed by atoms with Crippen molar-refractivity contribution < 1.29 is 19.1 Å². The predicted molar refractivity (Wildman–Crippen MR) is 102 cm³/mol. The smallest absolute Gasteiger partial charge is 0.330 e. The minimum atomic E-state index is -1.01. The van der Waals surface area contributed by atoms with Gasteiger partial charge in [0, 0.05) is 11.3 Å². The summed E-state index contributed by atoms with van der Waals surface area (Å²) >= 11 is 1.46. The third kappa shape index (κ3) is 4.86. The Morgan fingerprint density at radius 3 is 2.61 bits per heavy atom. The van der Waals surface area contributed by atoms with Crippen molar-refractivity contribution in [1.82, 2.24) is 20.2 Å². The normalized spacial score (nSPS) is 11.6. The van der Waals surface area contributed by atoms with Crippen LogP contribution in [0.4, 0.5) is 5.69 Å². The highest BCUT2D eigenvalue weighted by molar-refractivity contribution is 7.13. The lowest BCUT2D eigenvalue weighted by Crippen LogP contribution is -2.31. The molecule has 2 aromatic heterocycles. The van der Waals surface area contributed by atoms with E-state index in [1.54, 1.807) is 24.3 Å². The van der Waals surface area contributed by atoms with Gasteiger partial charge in [0.15, 0.2) is 18.4 Å². The molecule has 0 aliphatic heterocycles. The molecule has 0 radical (unpaired) electrons. The number of nitrogens with zero attached hydrogens (tertiary/aromatic N) is 4. The van der Waals surface area contributed by atoms with Gasteiger partial charge in [-0.2, -0.15) is 4.80 Å². The molecular formula is C18H17N5O4S. The lowest BCUT2D eigenvalue weighted by molar-refractivity contribution is -0.154. The molecule has 0 unspecified atom stereocenters. The fourth-order valence-corrected chi connectivity index (χ4v) is 2.90. The van der Waals surface area contributed by atoms with Crippen LogP contribution >= 0.6 is 11.3 Å². The first-order chi connectivity index (χ1) is 13.4. The first-order valence-electron chi connectivity index (χ1n) is 8.35. The number of ketones is 1. The summed E-state index contributed by atoms with van der Waals surface area (Å²) in [4.78, 5) is 37.4. The van der Waals surface area contributed by atoms with E-state index in [0.29, 0.717) is 17.1 Å². The molecule has 0 fully saturated rings. The molecule has 3 aromatic rings. The molecule has 0 aliphatic rings. The van der Waals surface area contributed by atoms with Crippen molar-refractivity contribution in [2.75, 3.05) is 5.32 Å². The predicted octanol–water partition coefficient (Wildman–Crippen LogP) is 2.17. The maximum absolute atomic E-state index is 12.2. The first kappa shape index (κ1) is 19.4. The molecule has 0 saturated heterocycles. The van der Waals surface area contributed by atoms with Gasteiger partial charge in [-0.05, 0) is 54.8 Å². The van der Waals surface area contributed by atoms with Crippen LogP contribution in [-0.2, 0) is 20.9 Å². The summed E-state index contributed by atoms with van der Waals surface area (Å²) < 4.78 is 5.12. The van der Waals surface area contributed by atoms with Gasteiger partial charge in [0.1, 0.15) is 0 Å². The van der Waals surface area contributed by atoms with Gasteiger partial charge >= 0.3 is 5.97 Å². The first-order valence-corrected chi connectivity index (χ1v) is 9.23. The van der Waals surface area contributed by atoms with Gasteiger partial charge in [0.05, 0.1) is 4.88 Å². The minimum absolute atomic E-state index is 0.0656. The number of ether oxygens (including phenoxy) is 1. The summed E-state index contributed by atoms with van der Waals surface area (Å²) in [6.07, 6.45) is -1.01. The number of carbonyl (C=O) groups is 3. The van der Waals surface area contributed by atoms with E-state index in [2.05, 4.69) is 20.7 Å². The number of anilines is 1. The van der Waals surface area contributed by atoms with E-state index in [1.165, 1.54) is 25.2 Å². The molecule has 0 saturated carbocycles. The van der Waals surface area contributed by atoms with Gasteiger partial charge < -0.3 is 10.1 Å². The molecule has 10 heteroatoms. The van der Waals surface area contributed by atoms with E-state index in [9.17, 15) is 14.4 Å². The molecule has 28 heavy (non-hydrogen) atoms. The Morgan fingerprint density at radius 1 is 1.21 bits per heavy atom. The molecule has 3 rings (SSSR count). The van der Waals surface area contributed by atoms with E-state index < -0.39 is 18.0 Å². The molecule has 0 bridgehead atoms. The van der Waals surface area contributed by atoms with Crippen molar-refractivity contribution in [3.05, 3.63) is 47.3 Å². The van der Waals surface area contributed by atoms with Crippen LogP contribution in [0.15, 0.2) is 41.8 Å². The van der Waals surface area contributed by atoms with Crippen molar-refractivity contribution in [3.8, 4) is 10.7 Å². The molecule has 1 aromatic carbocycles. The van der Waals surface area contributed by atoms with E-state index in [0.717, 1.165) is 9.67 Å². The Labute approximate surface area is 164 Å². The lowest BCUT2D eigenvalue weighted by atomic mass is 10.1. The lowest BCUT2D eigenvalue weighted by Gasteiger charge is -2.13. The highest BCUT2D eigenvalue weighted by Gasteiger charge is 2.19. The van der Waals surface area contributed by atoms with E-state index in [-0.39, 0.29) is 12.3 Å². The topological polar surface area (TPSA) is 116 Å². The summed E-state index contributed by atoms with van der Waals surface area (Å²) in [6.45, 7) is 2.66. The van der Waals surface area contributed by atoms with Crippen LogP contribution in [0, 0.1) is 0 Å². The zero-order chi connectivity index (χ0) is 20.1. The fourth-order valence-electron chi connectivity index (χ4n) is 2.25. The summed E-state index contributed by atoms with van der Waals surface area (Å²) in [5.74, 6) is -0.800. The maximum Gasteiger partial charge on any atom is 0.330 e. The molecule has 1 amide bonds. The Kier molecular flexibility index (Phi) is 5.90. The van der Waals surface area contributed by atoms with Crippen LogP contribution in [0.25, 0.3) is 10.7 Å². The Bertz CT molecular complexity index is 982. The molecule has 1 N–H and O–H groups in total. The number of hydrogen-bond donors (Lipinski definition) is 1. The standard InChI is InChI=1S/C18H17N5O4S/c1-11(24)13-5-7-14(8-6-13)19-18(26)12(2)27-16(25)10-23-21-17(20-22-23)15-4-3-9-28-15/h3-9,12H,10H2,1-2H3,(H,19,26)/t12-/m1/s1. The molecule has 0 spiro atoms. The number of aromatic nitrogens is 4. The van der Waals surface area contributed by atoms with Crippen LogP contribution in [-0.4, -0.2) is 44.0 Å². The molecular weight excluding hydrogens is 382 g/mol. The van der Waals surface area contributed by atoms with Crippen LogP contribution in [0.2, 0.25) is 0 Å². The van der Waals surface area contributed by atoms with Gasteiger partial charge in [0.2, 0.25) is 5.82 Å². The van der Waals surface area contributed by atoms with Gasteiger partial charge in [0.25, 0.3) is 5.91 Å². The average Bonchev–Trinajstić information content (AvgIpc) is 3.33. The molecule has 0 aliphatic carbocycles. The highest BCUT2D eigenvalue weighted by atomic mass is 32.1. The van der Waals surface area contributed by atoms with E-state index >= 15 is 0 Å². The quantitative estimate of drug-likeness (QED) is 0.478. The number of benzene rings is 1. The number of nitrogens with one attached hydrogen (secondary N) is 1. The summed E-state index contributed by atoms with van der Waals surface area (Å²) in [7, 11) is 0. The Morgan fingerprint density at radius 2 is 1.96 bits per heavy atom. The molecule has 2 heterocycles. The largest absolute Gasteiger partial charge is 0.451 e. The van der Waals surface area contributed by atoms with E-state index in [4.69, 9.17) is 4.74 Å². The second-order valence-electron chi connectivity index (χ2n) is 5.88. The third-order valence-electron chi connectivity index (χ3n) is 3.70. The number of esters is 1. The number of thiophene rings is 1. The number of amides is 1. The second-order valence-corrected chi connectivity index (χ2v) is 6.82. The zero-order valence-electron chi connectivity index (χ0n) is 15.2. The number of hydrogen-bond acceptors (Lipinski definition) is 8. The monoisotopic (exact) mass is 399 g/mol. The van der Waals surface area contributed by atoms with Crippen LogP contribution < -0.4 is 5.32 Å². The number of Topliss-reactive ketones (excluding diaryl/α,β-unsaturated/α-hetero) is 1. The fraction of sp³-hybridized carbons (Fsp3) is 0.222. The highest BCUT2D eigenvalue weighted by Crippen LogP contribution is 2.19. The van der Waals surface area contributed by atoms with Gasteiger partial charge in [-0.1, -0.05) is 6.07 Å². The van der Waals surface area contributed by atoms with Crippen molar-refractivity contribution in [2.45, 2.75) is 26.5 Å².